The van der Waals surface area contributed by atoms with E-state index in [4.69, 9.17) is 0 Å². The van der Waals surface area contributed by atoms with Crippen LogP contribution in [0.5, 0.6) is 0 Å². The normalized spacial score (nSPS) is 15.5. The maximum atomic E-state index is 12.4. The van der Waals surface area contributed by atoms with Crippen molar-refractivity contribution in [1.29, 1.82) is 0 Å². The Morgan fingerprint density at radius 2 is 2.06 bits per heavy atom. The number of allylic oxidation sites excluding steroid dienone is 3. The van der Waals surface area contributed by atoms with Crippen molar-refractivity contribution in [3.05, 3.63) is 42.1 Å². The Hall–Kier alpha value is -2.24. The number of rotatable bonds is 2. The molecule has 1 aromatic carbocycles. The van der Waals surface area contributed by atoms with Gasteiger partial charge in [-0.25, -0.2) is 13.5 Å². The first kappa shape index (κ1) is 10.9. The minimum atomic E-state index is -2.48. The van der Waals surface area contributed by atoms with E-state index < -0.39 is 6.43 Å². The molecule has 0 spiro atoms. The maximum absolute atomic E-state index is 12.4. The molecule has 0 fully saturated rings. The molecule has 0 bridgehead atoms. The van der Waals surface area contributed by atoms with Crippen LogP contribution in [0.25, 0.3) is 16.7 Å². The smallest absolute Gasteiger partial charge is 0.277 e. The van der Waals surface area contributed by atoms with Crippen molar-refractivity contribution in [1.82, 2.24) is 20.3 Å². The van der Waals surface area contributed by atoms with E-state index >= 15 is 0 Å². The van der Waals surface area contributed by atoms with Crippen LogP contribution in [0.15, 0.2) is 42.1 Å². The molecule has 1 aliphatic rings. The number of dihydropyridines is 1. The second kappa shape index (κ2) is 4.21. The average molecular weight is 248 g/mol. The SMILES string of the molecule is FC(F)C1=CC=C(n2nnc3ccccc32)CN1. The summed E-state index contributed by atoms with van der Waals surface area (Å²) in [5.74, 6) is 0. The van der Waals surface area contributed by atoms with Gasteiger partial charge in [0.15, 0.2) is 0 Å². The second-order valence-corrected chi connectivity index (χ2v) is 3.92. The Balaban J connectivity index is 2.02. The molecule has 2 aromatic rings. The highest BCUT2D eigenvalue weighted by molar-refractivity contribution is 5.78. The van der Waals surface area contributed by atoms with Crippen molar-refractivity contribution in [3.8, 4) is 0 Å². The lowest BCUT2D eigenvalue weighted by molar-refractivity contribution is 0.180. The van der Waals surface area contributed by atoms with E-state index in [9.17, 15) is 8.78 Å². The number of benzene rings is 1. The van der Waals surface area contributed by atoms with Gasteiger partial charge in [0.25, 0.3) is 6.43 Å². The van der Waals surface area contributed by atoms with Gasteiger partial charge in [0.2, 0.25) is 0 Å². The summed E-state index contributed by atoms with van der Waals surface area (Å²) in [5.41, 5.74) is 2.36. The molecule has 0 amide bonds. The van der Waals surface area contributed by atoms with Gasteiger partial charge < -0.3 is 5.32 Å². The summed E-state index contributed by atoms with van der Waals surface area (Å²) in [5, 5.41) is 10.7. The first-order chi connectivity index (χ1) is 8.75. The average Bonchev–Trinajstić information content (AvgIpc) is 2.82. The van der Waals surface area contributed by atoms with Gasteiger partial charge >= 0.3 is 0 Å². The molecular weight excluding hydrogens is 238 g/mol. The lowest BCUT2D eigenvalue weighted by Crippen LogP contribution is -2.25. The third-order valence-corrected chi connectivity index (χ3v) is 2.79. The number of para-hydroxylation sites is 1. The van der Waals surface area contributed by atoms with Crippen LogP contribution >= 0.6 is 0 Å². The minimum Gasteiger partial charge on any atom is -0.378 e. The van der Waals surface area contributed by atoms with Gasteiger partial charge in [0.05, 0.1) is 23.5 Å². The van der Waals surface area contributed by atoms with Crippen LogP contribution in [-0.4, -0.2) is 28.0 Å². The molecule has 92 valence electrons. The number of aromatic nitrogens is 3. The van der Waals surface area contributed by atoms with Crippen LogP contribution < -0.4 is 5.32 Å². The Morgan fingerprint density at radius 3 is 2.78 bits per heavy atom. The molecule has 0 atom stereocenters. The Kier molecular flexibility index (Phi) is 2.55. The summed E-state index contributed by atoms with van der Waals surface area (Å²) >= 11 is 0. The lowest BCUT2D eigenvalue weighted by atomic mass is 10.2. The van der Waals surface area contributed by atoms with Crippen molar-refractivity contribution >= 4 is 16.7 Å². The summed E-state index contributed by atoms with van der Waals surface area (Å²) < 4.78 is 26.6. The number of halogens is 2. The van der Waals surface area contributed by atoms with E-state index in [1.54, 1.807) is 10.8 Å². The van der Waals surface area contributed by atoms with Crippen molar-refractivity contribution in [2.45, 2.75) is 6.43 Å². The Morgan fingerprint density at radius 1 is 1.22 bits per heavy atom. The van der Waals surface area contributed by atoms with E-state index in [0.717, 1.165) is 16.7 Å². The first-order valence-corrected chi connectivity index (χ1v) is 5.49. The van der Waals surface area contributed by atoms with E-state index in [1.807, 2.05) is 24.3 Å². The van der Waals surface area contributed by atoms with Gasteiger partial charge in [-0.15, -0.1) is 5.10 Å². The van der Waals surface area contributed by atoms with Crippen LogP contribution in [0, 0.1) is 0 Å². The molecule has 2 heterocycles. The molecule has 1 aliphatic heterocycles. The summed E-state index contributed by atoms with van der Waals surface area (Å²) in [6.07, 6.45) is 0.536. The zero-order valence-corrected chi connectivity index (χ0v) is 9.35. The van der Waals surface area contributed by atoms with Crippen molar-refractivity contribution < 1.29 is 8.78 Å². The number of hydrogen-bond donors (Lipinski definition) is 1. The fourth-order valence-electron chi connectivity index (χ4n) is 1.87. The Bertz CT molecular complexity index is 642. The molecule has 1 aromatic heterocycles. The van der Waals surface area contributed by atoms with Gasteiger partial charge in [-0.3, -0.25) is 0 Å². The highest BCUT2D eigenvalue weighted by atomic mass is 19.3. The molecule has 4 nitrogen and oxygen atoms in total. The number of hydrogen-bond acceptors (Lipinski definition) is 3. The largest absolute Gasteiger partial charge is 0.378 e. The van der Waals surface area contributed by atoms with Gasteiger partial charge in [-0.05, 0) is 24.3 Å². The molecule has 0 saturated carbocycles. The summed E-state index contributed by atoms with van der Waals surface area (Å²) in [4.78, 5) is 0. The topological polar surface area (TPSA) is 42.7 Å². The number of alkyl halides is 2. The van der Waals surface area contributed by atoms with E-state index in [-0.39, 0.29) is 5.70 Å². The zero-order valence-electron chi connectivity index (χ0n) is 9.35. The lowest BCUT2D eigenvalue weighted by Gasteiger charge is -2.16. The number of nitrogens with one attached hydrogen (secondary N) is 1. The quantitative estimate of drug-likeness (QED) is 0.884. The Labute approximate surface area is 102 Å². The number of fused-ring (bicyclic) bond motifs is 1. The monoisotopic (exact) mass is 248 g/mol. The molecular formula is C12H10F2N4. The number of nitrogens with zero attached hydrogens (tertiary/aromatic N) is 3. The third-order valence-electron chi connectivity index (χ3n) is 2.79. The molecule has 1 N–H and O–H groups in total. The van der Waals surface area contributed by atoms with Gasteiger partial charge in [-0.1, -0.05) is 17.3 Å². The van der Waals surface area contributed by atoms with Crippen LogP contribution in [0.1, 0.15) is 0 Å². The van der Waals surface area contributed by atoms with E-state index in [1.165, 1.54) is 6.08 Å². The van der Waals surface area contributed by atoms with Crippen LogP contribution in [0.4, 0.5) is 8.78 Å². The third kappa shape index (κ3) is 1.75. The molecule has 6 heteroatoms. The molecule has 0 unspecified atom stereocenters. The van der Waals surface area contributed by atoms with Crippen molar-refractivity contribution in [2.24, 2.45) is 0 Å². The first-order valence-electron chi connectivity index (χ1n) is 5.49. The van der Waals surface area contributed by atoms with Crippen molar-refractivity contribution in [2.75, 3.05) is 6.54 Å². The predicted octanol–water partition coefficient (Wildman–Crippen LogP) is 2.02. The highest BCUT2D eigenvalue weighted by Crippen LogP contribution is 2.18. The minimum absolute atomic E-state index is 0.0665. The molecule has 3 rings (SSSR count). The van der Waals surface area contributed by atoms with Crippen LogP contribution in [0.3, 0.4) is 0 Å². The summed E-state index contributed by atoms with van der Waals surface area (Å²) in [6.45, 7) is 0.309. The summed E-state index contributed by atoms with van der Waals surface area (Å²) in [6, 6.07) is 7.52. The standard InChI is InChI=1S/C12H10F2N4/c13-12(14)10-6-5-8(7-15-10)18-11-4-2-1-3-9(11)16-17-18/h1-6,12,15H,7H2. The predicted molar refractivity (Wildman–Crippen MR) is 63.9 cm³/mol. The van der Waals surface area contributed by atoms with Crippen molar-refractivity contribution in [3.63, 3.8) is 0 Å². The van der Waals surface area contributed by atoms with E-state index in [2.05, 4.69) is 15.6 Å². The van der Waals surface area contributed by atoms with Crippen LogP contribution in [-0.2, 0) is 0 Å². The van der Waals surface area contributed by atoms with Crippen LogP contribution in [0.2, 0.25) is 0 Å². The van der Waals surface area contributed by atoms with Gasteiger partial charge in [-0.2, -0.15) is 0 Å². The molecule has 18 heavy (non-hydrogen) atoms. The van der Waals surface area contributed by atoms with Gasteiger partial charge in [0, 0.05) is 0 Å². The second-order valence-electron chi connectivity index (χ2n) is 3.92. The molecule has 0 saturated heterocycles. The molecule has 0 radical (unpaired) electrons. The summed E-state index contributed by atoms with van der Waals surface area (Å²) in [7, 11) is 0. The fraction of sp³-hybridized carbons (Fsp3) is 0.167. The fourth-order valence-corrected chi connectivity index (χ4v) is 1.87. The van der Waals surface area contributed by atoms with Gasteiger partial charge in [0.1, 0.15) is 5.52 Å². The maximum Gasteiger partial charge on any atom is 0.277 e. The van der Waals surface area contributed by atoms with E-state index in [0.29, 0.717) is 6.54 Å². The highest BCUT2D eigenvalue weighted by Gasteiger charge is 2.16. The zero-order chi connectivity index (χ0) is 12.5. The molecule has 0 aliphatic carbocycles.